The number of furan rings is 1. The van der Waals surface area contributed by atoms with Gasteiger partial charge < -0.3 is 10.2 Å². The molecule has 3 nitrogen and oxygen atoms in total. The second-order valence-electron chi connectivity index (χ2n) is 5.48. The quantitative estimate of drug-likeness (QED) is 0.918. The minimum Gasteiger partial charge on any atom is -0.460 e. The smallest absolute Gasteiger partial charge is 0.134 e. The standard InChI is InChI=1S/C16H22N2O/c17-11-13-5-6-14-10-15(19-16(14)9-13)12-18-7-3-1-2-4-8-18/h5-6,9-10H,1-4,7-8,11-12,17H2. The van der Waals surface area contributed by atoms with Crippen molar-refractivity contribution in [3.8, 4) is 0 Å². The summed E-state index contributed by atoms with van der Waals surface area (Å²) in [6.07, 6.45) is 5.38. The Morgan fingerprint density at radius 1 is 1.05 bits per heavy atom. The third kappa shape index (κ3) is 2.99. The van der Waals surface area contributed by atoms with E-state index in [1.807, 2.05) is 0 Å². The van der Waals surface area contributed by atoms with E-state index >= 15 is 0 Å². The fourth-order valence-corrected chi connectivity index (χ4v) is 2.85. The van der Waals surface area contributed by atoms with Gasteiger partial charge in [-0.15, -0.1) is 0 Å². The molecular weight excluding hydrogens is 236 g/mol. The summed E-state index contributed by atoms with van der Waals surface area (Å²) < 4.78 is 5.96. The lowest BCUT2D eigenvalue weighted by Crippen LogP contribution is -2.23. The van der Waals surface area contributed by atoms with E-state index in [4.69, 9.17) is 10.2 Å². The lowest BCUT2D eigenvalue weighted by atomic mass is 10.2. The van der Waals surface area contributed by atoms with Crippen molar-refractivity contribution in [3.05, 3.63) is 35.6 Å². The fourth-order valence-electron chi connectivity index (χ4n) is 2.85. The first-order chi connectivity index (χ1) is 9.35. The molecule has 1 aliphatic rings. The molecule has 0 radical (unpaired) electrons. The normalized spacial score (nSPS) is 17.7. The summed E-state index contributed by atoms with van der Waals surface area (Å²) in [6.45, 7) is 3.90. The molecular formula is C16H22N2O. The Kier molecular flexibility index (Phi) is 3.85. The highest BCUT2D eigenvalue weighted by Crippen LogP contribution is 2.22. The minimum atomic E-state index is 0.568. The molecule has 1 aromatic carbocycles. The SMILES string of the molecule is NCc1ccc2cc(CN3CCCCCC3)oc2c1. The summed E-state index contributed by atoms with van der Waals surface area (Å²) in [5.41, 5.74) is 7.76. The maximum atomic E-state index is 5.96. The number of nitrogens with two attached hydrogens (primary N) is 1. The molecule has 0 saturated carbocycles. The van der Waals surface area contributed by atoms with E-state index in [1.165, 1.54) is 44.2 Å². The molecule has 0 aliphatic carbocycles. The van der Waals surface area contributed by atoms with Gasteiger partial charge in [-0.25, -0.2) is 0 Å². The van der Waals surface area contributed by atoms with Gasteiger partial charge in [0.2, 0.25) is 0 Å². The summed E-state index contributed by atoms with van der Waals surface area (Å²) in [4.78, 5) is 2.51. The van der Waals surface area contributed by atoms with E-state index in [-0.39, 0.29) is 0 Å². The Morgan fingerprint density at radius 3 is 2.58 bits per heavy atom. The molecule has 2 aromatic rings. The van der Waals surface area contributed by atoms with Gasteiger partial charge in [-0.3, -0.25) is 4.90 Å². The van der Waals surface area contributed by atoms with Crippen LogP contribution in [0.15, 0.2) is 28.7 Å². The van der Waals surface area contributed by atoms with Crippen LogP contribution in [-0.2, 0) is 13.1 Å². The predicted octanol–water partition coefficient (Wildman–Crippen LogP) is 3.27. The van der Waals surface area contributed by atoms with Crippen molar-refractivity contribution in [1.82, 2.24) is 4.90 Å². The van der Waals surface area contributed by atoms with Gasteiger partial charge in [0.05, 0.1) is 6.54 Å². The van der Waals surface area contributed by atoms with Crippen molar-refractivity contribution in [2.75, 3.05) is 13.1 Å². The van der Waals surface area contributed by atoms with Gasteiger partial charge in [0, 0.05) is 11.9 Å². The van der Waals surface area contributed by atoms with Gasteiger partial charge in [0.25, 0.3) is 0 Å². The summed E-state index contributed by atoms with van der Waals surface area (Å²) in [5, 5.41) is 1.18. The number of benzene rings is 1. The van der Waals surface area contributed by atoms with Crippen LogP contribution < -0.4 is 5.73 Å². The zero-order valence-electron chi connectivity index (χ0n) is 11.4. The molecule has 19 heavy (non-hydrogen) atoms. The molecule has 3 rings (SSSR count). The number of rotatable bonds is 3. The topological polar surface area (TPSA) is 42.4 Å². The summed E-state index contributed by atoms with van der Waals surface area (Å²) in [6, 6.07) is 8.41. The van der Waals surface area contributed by atoms with Crippen LogP contribution in [0.1, 0.15) is 37.0 Å². The predicted molar refractivity (Wildman–Crippen MR) is 77.9 cm³/mol. The Labute approximate surface area is 114 Å². The maximum absolute atomic E-state index is 5.96. The van der Waals surface area contributed by atoms with E-state index in [1.54, 1.807) is 0 Å². The Hall–Kier alpha value is -1.32. The average Bonchev–Trinajstić information content (AvgIpc) is 2.64. The molecule has 0 unspecified atom stereocenters. The van der Waals surface area contributed by atoms with Crippen molar-refractivity contribution < 1.29 is 4.42 Å². The van der Waals surface area contributed by atoms with Crippen LogP contribution in [0.5, 0.6) is 0 Å². The fraction of sp³-hybridized carbons (Fsp3) is 0.500. The van der Waals surface area contributed by atoms with Gasteiger partial charge in [-0.2, -0.15) is 0 Å². The van der Waals surface area contributed by atoms with Crippen molar-refractivity contribution >= 4 is 11.0 Å². The number of nitrogens with zero attached hydrogens (tertiary/aromatic N) is 1. The summed E-state index contributed by atoms with van der Waals surface area (Å²) in [5.74, 6) is 1.08. The highest BCUT2D eigenvalue weighted by molar-refractivity contribution is 5.78. The van der Waals surface area contributed by atoms with Crippen LogP contribution in [0.3, 0.4) is 0 Å². The lowest BCUT2D eigenvalue weighted by Gasteiger charge is -2.17. The molecule has 1 fully saturated rings. The molecule has 2 heterocycles. The number of fused-ring (bicyclic) bond motifs is 1. The third-order valence-electron chi connectivity index (χ3n) is 3.95. The largest absolute Gasteiger partial charge is 0.460 e. The summed E-state index contributed by atoms with van der Waals surface area (Å²) in [7, 11) is 0. The molecule has 1 aliphatic heterocycles. The molecule has 0 atom stereocenters. The Bertz CT molecular complexity index is 539. The van der Waals surface area contributed by atoms with E-state index in [2.05, 4.69) is 29.2 Å². The van der Waals surface area contributed by atoms with E-state index in [0.29, 0.717) is 6.54 Å². The van der Waals surface area contributed by atoms with E-state index < -0.39 is 0 Å². The van der Waals surface area contributed by atoms with Gasteiger partial charge in [0.15, 0.2) is 0 Å². The maximum Gasteiger partial charge on any atom is 0.134 e. The monoisotopic (exact) mass is 258 g/mol. The van der Waals surface area contributed by atoms with Crippen LogP contribution in [0.4, 0.5) is 0 Å². The molecule has 1 aromatic heterocycles. The molecule has 1 saturated heterocycles. The van der Waals surface area contributed by atoms with E-state index in [9.17, 15) is 0 Å². The molecule has 2 N–H and O–H groups in total. The highest BCUT2D eigenvalue weighted by atomic mass is 16.3. The van der Waals surface area contributed by atoms with Crippen LogP contribution in [0.25, 0.3) is 11.0 Å². The van der Waals surface area contributed by atoms with Crippen LogP contribution in [0.2, 0.25) is 0 Å². The average molecular weight is 258 g/mol. The zero-order chi connectivity index (χ0) is 13.1. The Morgan fingerprint density at radius 2 is 1.84 bits per heavy atom. The molecule has 3 heteroatoms. The van der Waals surface area contributed by atoms with Gasteiger partial charge >= 0.3 is 0 Å². The van der Waals surface area contributed by atoms with Crippen molar-refractivity contribution in [2.45, 2.75) is 38.8 Å². The number of hydrogen-bond acceptors (Lipinski definition) is 3. The number of likely N-dealkylation sites (tertiary alicyclic amines) is 1. The van der Waals surface area contributed by atoms with Gasteiger partial charge in [-0.05, 0) is 43.6 Å². The van der Waals surface area contributed by atoms with Crippen molar-refractivity contribution in [2.24, 2.45) is 5.73 Å². The molecule has 102 valence electrons. The summed E-state index contributed by atoms with van der Waals surface area (Å²) >= 11 is 0. The second-order valence-corrected chi connectivity index (χ2v) is 5.48. The first kappa shape index (κ1) is 12.7. The highest BCUT2D eigenvalue weighted by Gasteiger charge is 2.12. The van der Waals surface area contributed by atoms with Crippen molar-refractivity contribution in [3.63, 3.8) is 0 Å². The van der Waals surface area contributed by atoms with Crippen molar-refractivity contribution in [1.29, 1.82) is 0 Å². The van der Waals surface area contributed by atoms with Crippen LogP contribution in [0, 0.1) is 0 Å². The first-order valence-electron chi connectivity index (χ1n) is 7.29. The molecule has 0 bridgehead atoms. The zero-order valence-corrected chi connectivity index (χ0v) is 11.4. The minimum absolute atomic E-state index is 0.568. The first-order valence-corrected chi connectivity index (χ1v) is 7.29. The van der Waals surface area contributed by atoms with Gasteiger partial charge in [-0.1, -0.05) is 25.0 Å². The Balaban J connectivity index is 1.76. The molecule has 0 amide bonds. The van der Waals surface area contributed by atoms with Crippen LogP contribution >= 0.6 is 0 Å². The lowest BCUT2D eigenvalue weighted by molar-refractivity contribution is 0.256. The third-order valence-corrected chi connectivity index (χ3v) is 3.95. The molecule has 0 spiro atoms. The van der Waals surface area contributed by atoms with Gasteiger partial charge in [0.1, 0.15) is 11.3 Å². The number of hydrogen-bond donors (Lipinski definition) is 1. The second kappa shape index (κ2) is 5.76. The van der Waals surface area contributed by atoms with E-state index in [0.717, 1.165) is 23.5 Å². The van der Waals surface area contributed by atoms with Crippen LogP contribution in [-0.4, -0.2) is 18.0 Å².